The molecular weight excluding hydrogens is 248 g/mol. The van der Waals surface area contributed by atoms with Crippen molar-refractivity contribution < 1.29 is 24.1 Å². The molecule has 0 saturated carbocycles. The van der Waals surface area contributed by atoms with Gasteiger partial charge >= 0.3 is 5.97 Å². The van der Waals surface area contributed by atoms with Gasteiger partial charge in [0.05, 0.1) is 26.4 Å². The molecule has 0 fully saturated rings. The van der Waals surface area contributed by atoms with Crippen LogP contribution in [0.4, 0.5) is 0 Å². The van der Waals surface area contributed by atoms with Crippen molar-refractivity contribution >= 4 is 5.97 Å². The molecular formula is C14H20O5. The van der Waals surface area contributed by atoms with Crippen LogP contribution in [0.3, 0.4) is 0 Å². The van der Waals surface area contributed by atoms with Crippen LogP contribution in [-0.4, -0.2) is 37.5 Å². The van der Waals surface area contributed by atoms with E-state index in [1.165, 1.54) is 13.2 Å². The highest BCUT2D eigenvalue weighted by atomic mass is 16.5. The topological polar surface area (TPSA) is 65.0 Å². The molecule has 1 N–H and O–H groups in total. The number of aromatic carboxylic acids is 1. The largest absolute Gasteiger partial charge is 0.496 e. The van der Waals surface area contributed by atoms with E-state index >= 15 is 0 Å². The third kappa shape index (κ3) is 4.89. The first-order valence-corrected chi connectivity index (χ1v) is 6.18. The molecule has 5 nitrogen and oxygen atoms in total. The molecule has 0 bridgehead atoms. The van der Waals surface area contributed by atoms with Crippen LogP contribution in [-0.2, 0) is 16.1 Å². The Bertz CT molecular complexity index is 416. The number of hydrogen-bond acceptors (Lipinski definition) is 4. The monoisotopic (exact) mass is 268 g/mol. The highest BCUT2D eigenvalue weighted by Gasteiger charge is 2.11. The Morgan fingerprint density at radius 1 is 1.42 bits per heavy atom. The van der Waals surface area contributed by atoms with E-state index in [-0.39, 0.29) is 11.7 Å². The smallest absolute Gasteiger partial charge is 0.339 e. The molecule has 19 heavy (non-hydrogen) atoms. The Balaban J connectivity index is 2.62. The van der Waals surface area contributed by atoms with Crippen LogP contribution >= 0.6 is 0 Å². The number of carboxylic acids is 1. The number of hydrogen-bond donors (Lipinski definition) is 1. The van der Waals surface area contributed by atoms with Gasteiger partial charge in [0, 0.05) is 6.61 Å². The summed E-state index contributed by atoms with van der Waals surface area (Å²) in [4.78, 5) is 10.9. The van der Waals surface area contributed by atoms with Crippen LogP contribution in [0.5, 0.6) is 5.75 Å². The van der Waals surface area contributed by atoms with Crippen LogP contribution < -0.4 is 4.74 Å². The molecule has 0 aliphatic heterocycles. The first-order valence-electron chi connectivity index (χ1n) is 6.18. The van der Waals surface area contributed by atoms with Crippen molar-refractivity contribution in [1.29, 1.82) is 0 Å². The van der Waals surface area contributed by atoms with Gasteiger partial charge in [-0.15, -0.1) is 0 Å². The quantitative estimate of drug-likeness (QED) is 0.784. The Morgan fingerprint density at radius 3 is 2.74 bits per heavy atom. The minimum absolute atomic E-state index is 0.00917. The van der Waals surface area contributed by atoms with Crippen molar-refractivity contribution in [2.24, 2.45) is 0 Å². The molecule has 1 aromatic rings. The van der Waals surface area contributed by atoms with Crippen molar-refractivity contribution in [3.63, 3.8) is 0 Å². The van der Waals surface area contributed by atoms with Gasteiger partial charge in [0.2, 0.25) is 0 Å². The summed E-state index contributed by atoms with van der Waals surface area (Å²) in [7, 11) is 1.45. The Morgan fingerprint density at radius 2 is 2.16 bits per heavy atom. The lowest BCUT2D eigenvalue weighted by Crippen LogP contribution is -2.15. The molecule has 0 saturated heterocycles. The standard InChI is InChI=1S/C14H20O5/c1-4-18-8-10(2)19-9-11-5-6-12(14(15)16)13(7-11)17-3/h5-7,10H,4,8-9H2,1-3H3,(H,15,16). The summed E-state index contributed by atoms with van der Waals surface area (Å²) in [6, 6.07) is 4.92. The molecule has 106 valence electrons. The van der Waals surface area contributed by atoms with Gasteiger partial charge in [0.1, 0.15) is 11.3 Å². The van der Waals surface area contributed by atoms with Crippen LogP contribution in [0.2, 0.25) is 0 Å². The van der Waals surface area contributed by atoms with Crippen molar-refractivity contribution in [2.75, 3.05) is 20.3 Å². The summed E-state index contributed by atoms with van der Waals surface area (Å²) in [5.41, 5.74) is 1.01. The summed E-state index contributed by atoms with van der Waals surface area (Å²) in [6.07, 6.45) is -0.00917. The molecule has 1 unspecified atom stereocenters. The number of rotatable bonds is 8. The van der Waals surface area contributed by atoms with Crippen molar-refractivity contribution in [2.45, 2.75) is 26.6 Å². The first kappa shape index (κ1) is 15.5. The summed E-state index contributed by atoms with van der Waals surface area (Å²) in [5, 5.41) is 8.98. The van der Waals surface area contributed by atoms with E-state index < -0.39 is 5.97 Å². The fraction of sp³-hybridized carbons (Fsp3) is 0.500. The SMILES string of the molecule is CCOCC(C)OCc1ccc(C(=O)O)c(OC)c1. The minimum atomic E-state index is -1.01. The van der Waals surface area contributed by atoms with Gasteiger partial charge in [-0.3, -0.25) is 0 Å². The van der Waals surface area contributed by atoms with Crippen LogP contribution in [0.25, 0.3) is 0 Å². The molecule has 0 aliphatic carbocycles. The summed E-state index contributed by atoms with van der Waals surface area (Å²) < 4.78 is 15.9. The highest BCUT2D eigenvalue weighted by molar-refractivity contribution is 5.90. The van der Waals surface area contributed by atoms with E-state index in [1.807, 2.05) is 13.8 Å². The van der Waals surface area contributed by atoms with Crippen LogP contribution in [0, 0.1) is 0 Å². The molecule has 1 atom stereocenters. The van der Waals surface area contributed by atoms with Gasteiger partial charge in [-0.1, -0.05) is 6.07 Å². The van der Waals surface area contributed by atoms with Crippen molar-refractivity contribution in [1.82, 2.24) is 0 Å². The second kappa shape index (κ2) is 7.76. The van der Waals surface area contributed by atoms with E-state index in [1.54, 1.807) is 12.1 Å². The number of benzene rings is 1. The van der Waals surface area contributed by atoms with Gasteiger partial charge in [-0.05, 0) is 31.5 Å². The molecule has 5 heteroatoms. The van der Waals surface area contributed by atoms with Crippen molar-refractivity contribution in [3.8, 4) is 5.75 Å². The Hall–Kier alpha value is -1.59. The zero-order chi connectivity index (χ0) is 14.3. The number of carboxylic acid groups (broad SMARTS) is 1. The fourth-order valence-corrected chi connectivity index (χ4v) is 1.57. The fourth-order valence-electron chi connectivity index (χ4n) is 1.57. The van der Waals surface area contributed by atoms with E-state index in [0.717, 1.165) is 5.56 Å². The normalized spacial score (nSPS) is 12.2. The molecule has 0 aromatic heterocycles. The van der Waals surface area contributed by atoms with E-state index in [9.17, 15) is 4.79 Å². The highest BCUT2D eigenvalue weighted by Crippen LogP contribution is 2.21. The predicted molar refractivity (Wildman–Crippen MR) is 70.7 cm³/mol. The summed E-state index contributed by atoms with van der Waals surface area (Å²) in [5.74, 6) is -0.667. The second-order valence-electron chi connectivity index (χ2n) is 4.12. The summed E-state index contributed by atoms with van der Waals surface area (Å²) in [6.45, 7) is 5.46. The van der Waals surface area contributed by atoms with Gasteiger partial charge in [0.25, 0.3) is 0 Å². The van der Waals surface area contributed by atoms with Gasteiger partial charge in [0.15, 0.2) is 0 Å². The maximum absolute atomic E-state index is 10.9. The van der Waals surface area contributed by atoms with E-state index in [0.29, 0.717) is 25.6 Å². The van der Waals surface area contributed by atoms with Gasteiger partial charge in [-0.2, -0.15) is 0 Å². The first-order chi connectivity index (χ1) is 9.08. The van der Waals surface area contributed by atoms with E-state index in [2.05, 4.69) is 0 Å². The number of methoxy groups -OCH3 is 1. The molecule has 0 amide bonds. The zero-order valence-electron chi connectivity index (χ0n) is 11.5. The second-order valence-corrected chi connectivity index (χ2v) is 4.12. The Kier molecular flexibility index (Phi) is 6.32. The lowest BCUT2D eigenvalue weighted by molar-refractivity contribution is -0.0117. The lowest BCUT2D eigenvalue weighted by Gasteiger charge is -2.13. The molecule has 1 rings (SSSR count). The maximum atomic E-state index is 10.9. The van der Waals surface area contributed by atoms with Crippen molar-refractivity contribution in [3.05, 3.63) is 29.3 Å². The number of carbonyl (C=O) groups is 1. The van der Waals surface area contributed by atoms with E-state index in [4.69, 9.17) is 19.3 Å². The average molecular weight is 268 g/mol. The molecule has 0 aliphatic rings. The zero-order valence-corrected chi connectivity index (χ0v) is 11.5. The maximum Gasteiger partial charge on any atom is 0.339 e. The predicted octanol–water partition coefficient (Wildman–Crippen LogP) is 2.33. The number of ether oxygens (including phenoxy) is 3. The third-order valence-corrected chi connectivity index (χ3v) is 2.59. The van der Waals surface area contributed by atoms with Crippen LogP contribution in [0.1, 0.15) is 29.8 Å². The Labute approximate surface area is 113 Å². The minimum Gasteiger partial charge on any atom is -0.496 e. The third-order valence-electron chi connectivity index (χ3n) is 2.59. The molecule has 0 radical (unpaired) electrons. The average Bonchev–Trinajstić information content (AvgIpc) is 2.42. The van der Waals surface area contributed by atoms with Gasteiger partial charge < -0.3 is 19.3 Å². The lowest BCUT2D eigenvalue weighted by atomic mass is 10.1. The molecule has 0 heterocycles. The summed E-state index contributed by atoms with van der Waals surface area (Å²) >= 11 is 0. The van der Waals surface area contributed by atoms with Crippen LogP contribution in [0.15, 0.2) is 18.2 Å². The molecule has 0 spiro atoms. The molecule has 1 aromatic carbocycles. The van der Waals surface area contributed by atoms with Gasteiger partial charge in [-0.25, -0.2) is 4.79 Å².